The zero-order chi connectivity index (χ0) is 47.0. The number of hydrogen-bond acceptors (Lipinski definition) is 8. The molecule has 0 unspecified atom stereocenters. The molecule has 3 aliphatic rings. The molecule has 13 nitrogen and oxygen atoms in total. The summed E-state index contributed by atoms with van der Waals surface area (Å²) in [5, 5.41) is 10.0. The molecule has 1 heterocycles. The SMILES string of the molecule is C.[C-]#[N+]C1(Nc2ccc(C(=O)NC)c(F)c2)CCC1.[C-]#[N+]c1ccc(N2C(=O)C3(CCC3)N(c3ccc(C(=O)NC)c(F)c3)C2=S)c(C)c1.[C-]#[N+]c1ccc(N=C=S)c(OC(F)(F)F)c1. The van der Waals surface area contributed by atoms with Crippen LogP contribution < -0.4 is 30.5 Å². The van der Waals surface area contributed by atoms with E-state index in [-0.39, 0.29) is 40.9 Å². The molecule has 2 saturated carbocycles. The summed E-state index contributed by atoms with van der Waals surface area (Å²) in [5.41, 5.74) is 1.25. The fraction of sp³-hybridized carbons (Fsp3) is 0.289. The molecule has 20 heteroatoms. The van der Waals surface area contributed by atoms with E-state index in [4.69, 9.17) is 31.9 Å². The lowest BCUT2D eigenvalue weighted by Crippen LogP contribution is -2.55. The van der Waals surface area contributed by atoms with Crippen molar-refractivity contribution < 1.29 is 41.1 Å². The van der Waals surface area contributed by atoms with Crippen LogP contribution in [0.1, 0.15) is 72.2 Å². The van der Waals surface area contributed by atoms with Crippen LogP contribution in [0.25, 0.3) is 14.5 Å². The molecule has 2 aliphatic carbocycles. The number of carbonyl (C=O) groups excluding carboxylic acids is 3. The quantitative estimate of drug-likeness (QED) is 0.0690. The zero-order valence-corrected chi connectivity index (χ0v) is 35.8. The molecule has 65 heavy (non-hydrogen) atoms. The topological polar surface area (TPSA) is 128 Å². The number of benzene rings is 4. The number of halogens is 5. The Morgan fingerprint density at radius 1 is 0.846 bits per heavy atom. The van der Waals surface area contributed by atoms with E-state index < -0.39 is 46.8 Å². The van der Waals surface area contributed by atoms with Crippen LogP contribution in [-0.4, -0.2) is 59.7 Å². The number of thiocarbonyl (C=S) groups is 2. The van der Waals surface area contributed by atoms with Crippen LogP contribution in [0.15, 0.2) is 77.8 Å². The molecule has 0 atom stereocenters. The molecule has 0 bridgehead atoms. The first-order valence-corrected chi connectivity index (χ1v) is 19.9. The van der Waals surface area contributed by atoms with Gasteiger partial charge >= 0.3 is 12.0 Å². The Bertz CT molecular complexity index is 2700. The molecule has 4 aromatic carbocycles. The molecule has 3 fully saturated rings. The van der Waals surface area contributed by atoms with Crippen molar-refractivity contribution in [2.75, 3.05) is 29.2 Å². The van der Waals surface area contributed by atoms with E-state index in [1.54, 1.807) is 35.2 Å². The Labute approximate surface area is 382 Å². The number of aryl methyl sites for hydroxylation is 1. The Balaban J connectivity index is 0.000000228. The third-order valence-electron chi connectivity index (χ3n) is 10.5. The second-order valence-corrected chi connectivity index (χ2v) is 14.9. The fourth-order valence-electron chi connectivity index (χ4n) is 6.99. The normalized spacial score (nSPS) is 14.9. The molecule has 4 aromatic rings. The highest BCUT2D eigenvalue weighted by atomic mass is 32.1. The lowest BCUT2D eigenvalue weighted by molar-refractivity contribution is -0.274. The number of alkyl halides is 3. The molecule has 1 spiro atoms. The Hall–Kier alpha value is -7.30. The molecule has 336 valence electrons. The summed E-state index contributed by atoms with van der Waals surface area (Å²) in [6, 6.07) is 17.1. The van der Waals surface area contributed by atoms with E-state index in [1.165, 1.54) is 55.4 Å². The van der Waals surface area contributed by atoms with Crippen molar-refractivity contribution in [1.82, 2.24) is 10.6 Å². The predicted molar refractivity (Wildman–Crippen MR) is 244 cm³/mol. The summed E-state index contributed by atoms with van der Waals surface area (Å²) in [5.74, 6) is -2.95. The highest BCUT2D eigenvalue weighted by Gasteiger charge is 2.59. The maximum Gasteiger partial charge on any atom is 0.573 e. The van der Waals surface area contributed by atoms with Gasteiger partial charge in [-0.1, -0.05) is 25.6 Å². The minimum atomic E-state index is -4.84. The molecule has 0 aromatic heterocycles. The Kier molecular flexibility index (Phi) is 16.2. The first kappa shape index (κ1) is 50.3. The summed E-state index contributed by atoms with van der Waals surface area (Å²) in [4.78, 5) is 53.2. The van der Waals surface area contributed by atoms with E-state index in [0.29, 0.717) is 35.6 Å². The standard InChI is InChI=1S/C22H19FN4O2S.C13H14FN3O.C9H3F3N2OS.CH4/c1-13-11-14(24-2)5-8-18(13)26-20(29)22(9-4-10-22)27(21(26)30)15-6-7-16(17(23)12-15)19(28)25-3;1-15-12(18)10-5-4-9(8-11(10)14)17-13(16-2)6-3-7-13;1-13-6-2-3-7(14-5-16)8(4-6)15-9(10,11)12;/h5-8,11-12H,4,9-10H2,1,3H3,(H,25,28);4-5,8,17H,3,6-7H2,1H3,(H,15,18);2-4H;1H4. The predicted octanol–water partition coefficient (Wildman–Crippen LogP) is 11.0. The smallest absolute Gasteiger partial charge is 0.405 e. The third-order valence-corrected chi connectivity index (χ3v) is 11.0. The van der Waals surface area contributed by atoms with Gasteiger partial charge in [-0.25, -0.2) is 25.0 Å². The number of nitrogens with one attached hydrogen (secondary N) is 3. The highest BCUT2D eigenvalue weighted by Crippen LogP contribution is 2.48. The van der Waals surface area contributed by atoms with Gasteiger partial charge in [0.05, 0.1) is 35.1 Å². The van der Waals surface area contributed by atoms with E-state index >= 15 is 0 Å². The minimum absolute atomic E-state index is 0. The number of carbonyl (C=O) groups is 3. The Morgan fingerprint density at radius 3 is 1.88 bits per heavy atom. The molecular formula is C45H40F5N9O4S2. The van der Waals surface area contributed by atoms with Gasteiger partial charge in [0, 0.05) is 38.3 Å². The number of rotatable bonds is 8. The van der Waals surface area contributed by atoms with Crippen molar-refractivity contribution in [2.45, 2.75) is 70.4 Å². The summed E-state index contributed by atoms with van der Waals surface area (Å²) in [6.45, 7) is 22.8. The maximum atomic E-state index is 14.6. The molecule has 3 N–H and O–H groups in total. The molecule has 3 amide bonds. The summed E-state index contributed by atoms with van der Waals surface area (Å²) in [6.07, 6.45) is -0.195. The van der Waals surface area contributed by atoms with Crippen LogP contribution in [0.5, 0.6) is 5.75 Å². The van der Waals surface area contributed by atoms with Crippen LogP contribution in [-0.2, 0) is 4.79 Å². The van der Waals surface area contributed by atoms with Crippen molar-refractivity contribution in [3.05, 3.63) is 135 Å². The van der Waals surface area contributed by atoms with Crippen molar-refractivity contribution >= 4 is 86.6 Å². The Morgan fingerprint density at radius 2 is 1.42 bits per heavy atom. The van der Waals surface area contributed by atoms with E-state index in [1.807, 2.05) is 12.1 Å². The lowest BCUT2D eigenvalue weighted by Gasteiger charge is -2.43. The van der Waals surface area contributed by atoms with Crippen molar-refractivity contribution in [3.63, 3.8) is 0 Å². The van der Waals surface area contributed by atoms with Crippen LogP contribution in [0.4, 0.5) is 56.1 Å². The highest BCUT2D eigenvalue weighted by molar-refractivity contribution is 7.81. The van der Waals surface area contributed by atoms with Gasteiger partial charge in [-0.15, -0.1) is 13.2 Å². The van der Waals surface area contributed by atoms with Crippen LogP contribution in [0, 0.1) is 38.3 Å². The van der Waals surface area contributed by atoms with Gasteiger partial charge in [-0.2, -0.15) is 4.99 Å². The summed E-state index contributed by atoms with van der Waals surface area (Å²) < 4.78 is 68.1. The average molecular weight is 930 g/mol. The van der Waals surface area contributed by atoms with E-state index in [9.17, 15) is 36.3 Å². The fourth-order valence-corrected chi connectivity index (χ4v) is 7.55. The molecule has 1 aliphatic heterocycles. The maximum absolute atomic E-state index is 14.6. The molecule has 7 rings (SSSR count). The van der Waals surface area contributed by atoms with Crippen molar-refractivity contribution in [1.29, 1.82) is 0 Å². The number of ether oxygens (including phenoxy) is 1. The van der Waals surface area contributed by atoms with E-state index in [0.717, 1.165) is 37.3 Å². The molecule has 1 saturated heterocycles. The van der Waals surface area contributed by atoms with Crippen molar-refractivity contribution in [2.24, 2.45) is 4.99 Å². The van der Waals surface area contributed by atoms with Gasteiger partial charge in [0.15, 0.2) is 16.5 Å². The van der Waals surface area contributed by atoms with Gasteiger partial charge in [0.1, 0.15) is 28.6 Å². The summed E-state index contributed by atoms with van der Waals surface area (Å²) >= 11 is 9.97. The van der Waals surface area contributed by atoms with Crippen LogP contribution in [0.3, 0.4) is 0 Å². The number of nitrogens with zero attached hydrogens (tertiary/aromatic N) is 6. The largest absolute Gasteiger partial charge is 0.573 e. The second kappa shape index (κ2) is 20.9. The lowest BCUT2D eigenvalue weighted by atomic mass is 9.75. The van der Waals surface area contributed by atoms with Gasteiger partial charge in [0.2, 0.25) is 0 Å². The average Bonchev–Trinajstić information content (AvgIpc) is 3.48. The van der Waals surface area contributed by atoms with Crippen molar-refractivity contribution in [3.8, 4) is 5.75 Å². The number of anilines is 3. The first-order valence-electron chi connectivity index (χ1n) is 19.1. The van der Waals surface area contributed by atoms with E-state index in [2.05, 4.69) is 52.4 Å². The zero-order valence-electron chi connectivity index (χ0n) is 34.2. The second-order valence-electron chi connectivity index (χ2n) is 14.4. The number of isothiocyanates is 1. The van der Waals surface area contributed by atoms with Crippen LogP contribution in [0.2, 0.25) is 0 Å². The van der Waals surface area contributed by atoms with Gasteiger partial charge < -0.3 is 25.6 Å². The summed E-state index contributed by atoms with van der Waals surface area (Å²) in [7, 11) is 2.89. The molecular weight excluding hydrogens is 890 g/mol. The van der Waals surface area contributed by atoms with Gasteiger partial charge in [-0.3, -0.25) is 24.1 Å². The van der Waals surface area contributed by atoms with Gasteiger partial charge in [-0.05, 0) is 117 Å². The first-order chi connectivity index (χ1) is 30.4. The molecule has 0 radical (unpaired) electrons. The van der Waals surface area contributed by atoms with Crippen LogP contribution >= 0.6 is 24.4 Å². The number of aliphatic imine (C=N–C) groups is 1. The number of amides is 3. The number of hydrogen-bond donors (Lipinski definition) is 3. The monoisotopic (exact) mass is 929 g/mol. The van der Waals surface area contributed by atoms with Gasteiger partial charge in [0.25, 0.3) is 17.7 Å². The third kappa shape index (κ3) is 10.9. The minimum Gasteiger partial charge on any atom is -0.405 e.